The molecular weight excluding hydrogens is 544 g/mol. The minimum Gasteiger partial charge on any atom is -0.487 e. The maximum atomic E-state index is 7.28. The highest BCUT2D eigenvalue weighted by molar-refractivity contribution is 6.99. The van der Waals surface area contributed by atoms with Gasteiger partial charge in [0.2, 0.25) is 0 Å². The Morgan fingerprint density at radius 3 is 1.98 bits per heavy atom. The van der Waals surface area contributed by atoms with Gasteiger partial charge in [0.15, 0.2) is 6.79 Å². The van der Waals surface area contributed by atoms with Gasteiger partial charge in [-0.15, -0.1) is 0 Å². The summed E-state index contributed by atoms with van der Waals surface area (Å²) < 4.78 is 36.3. The Morgan fingerprint density at radius 2 is 1.43 bits per heavy atom. The minimum absolute atomic E-state index is 0.0833. The Morgan fingerprint density at radius 1 is 0.833 bits per heavy atom. The van der Waals surface area contributed by atoms with Crippen LogP contribution in [0.1, 0.15) is 64.5 Å². The molecule has 3 aromatic rings. The first kappa shape index (κ1) is 32.2. The fraction of sp³-hybridized carbons (Fsp3) is 0.486. The zero-order valence-corrected chi connectivity index (χ0v) is 27.6. The molecule has 1 aliphatic heterocycles. The van der Waals surface area contributed by atoms with E-state index in [1.807, 2.05) is 6.92 Å². The van der Waals surface area contributed by atoms with E-state index in [9.17, 15) is 0 Å². The normalized spacial score (nSPS) is 17.4. The highest BCUT2D eigenvalue weighted by Gasteiger charge is 2.50. The third-order valence-corrected chi connectivity index (χ3v) is 13.4. The lowest BCUT2D eigenvalue weighted by atomic mass is 9.82. The summed E-state index contributed by atoms with van der Waals surface area (Å²) in [5.41, 5.74) is 1.60. The third-order valence-electron chi connectivity index (χ3n) is 8.37. The fourth-order valence-electron chi connectivity index (χ4n) is 6.08. The van der Waals surface area contributed by atoms with Crippen LogP contribution in [0.5, 0.6) is 11.5 Å². The van der Waals surface area contributed by atoms with Crippen molar-refractivity contribution in [1.82, 2.24) is 0 Å². The van der Waals surface area contributed by atoms with Gasteiger partial charge < -0.3 is 28.1 Å². The summed E-state index contributed by atoms with van der Waals surface area (Å²) in [4.78, 5) is 0. The van der Waals surface area contributed by atoms with Crippen LogP contribution >= 0.6 is 0 Å². The molecule has 0 unspecified atom stereocenters. The topological polar surface area (TPSA) is 55.4 Å². The van der Waals surface area contributed by atoms with Crippen molar-refractivity contribution < 1.29 is 28.1 Å². The van der Waals surface area contributed by atoms with E-state index in [0.29, 0.717) is 6.61 Å². The zero-order chi connectivity index (χ0) is 30.4. The molecule has 4 rings (SSSR count). The largest absolute Gasteiger partial charge is 0.487 e. The second-order valence-electron chi connectivity index (χ2n) is 12.7. The van der Waals surface area contributed by atoms with Crippen molar-refractivity contribution in [2.45, 2.75) is 77.0 Å². The van der Waals surface area contributed by atoms with E-state index in [0.717, 1.165) is 35.5 Å². The van der Waals surface area contributed by atoms with E-state index in [-0.39, 0.29) is 30.6 Å². The van der Waals surface area contributed by atoms with Gasteiger partial charge in [-0.25, -0.2) is 0 Å². The Bertz CT molecular complexity index is 1230. The molecule has 0 aromatic heterocycles. The third kappa shape index (κ3) is 6.92. The van der Waals surface area contributed by atoms with E-state index >= 15 is 0 Å². The molecule has 42 heavy (non-hydrogen) atoms. The molecule has 6 nitrogen and oxygen atoms in total. The Balaban J connectivity index is 1.69. The van der Waals surface area contributed by atoms with Crippen LogP contribution in [0.25, 0.3) is 0 Å². The Kier molecular flexibility index (Phi) is 10.5. The molecule has 7 heteroatoms. The van der Waals surface area contributed by atoms with E-state index in [1.54, 1.807) is 14.2 Å². The zero-order valence-electron chi connectivity index (χ0n) is 26.6. The standard InChI is InChI=1S/C35H48O6Si/c1-26-21-32-30(23-31(26)38-24-36-7)27(22-33(41-32)35(5,6)39-25-37-8)19-20-40-42(34(2,3)4,28-15-11-9-12-16-28)29-17-13-10-14-18-29/h9-18,21,23,27,33H,19-20,22,24-25H2,1-8H3/t27-,33+/m1/s1. The van der Waals surface area contributed by atoms with Gasteiger partial charge in [0.25, 0.3) is 8.32 Å². The second kappa shape index (κ2) is 13.7. The lowest BCUT2D eigenvalue weighted by Gasteiger charge is -2.44. The van der Waals surface area contributed by atoms with Gasteiger partial charge in [0.1, 0.15) is 30.0 Å². The summed E-state index contributed by atoms with van der Waals surface area (Å²) in [5.74, 6) is 1.87. The van der Waals surface area contributed by atoms with Crippen LogP contribution in [0.15, 0.2) is 72.8 Å². The molecule has 0 fully saturated rings. The van der Waals surface area contributed by atoms with Crippen LogP contribution in [0, 0.1) is 6.92 Å². The molecule has 0 saturated carbocycles. The van der Waals surface area contributed by atoms with Gasteiger partial charge in [-0.1, -0.05) is 81.4 Å². The van der Waals surface area contributed by atoms with Crippen molar-refractivity contribution in [1.29, 1.82) is 0 Å². The molecule has 2 atom stereocenters. The summed E-state index contributed by atoms with van der Waals surface area (Å²) >= 11 is 0. The van der Waals surface area contributed by atoms with Crippen LogP contribution in [0.2, 0.25) is 5.04 Å². The average Bonchev–Trinajstić information content (AvgIpc) is 2.97. The molecule has 0 amide bonds. The summed E-state index contributed by atoms with van der Waals surface area (Å²) in [6, 6.07) is 25.8. The van der Waals surface area contributed by atoms with Crippen molar-refractivity contribution in [3.8, 4) is 11.5 Å². The number of rotatable bonds is 13. The predicted molar refractivity (Wildman–Crippen MR) is 171 cm³/mol. The number of ether oxygens (including phenoxy) is 5. The predicted octanol–water partition coefficient (Wildman–Crippen LogP) is 6.58. The summed E-state index contributed by atoms with van der Waals surface area (Å²) in [5, 5.41) is 2.49. The summed E-state index contributed by atoms with van der Waals surface area (Å²) in [6.07, 6.45) is 1.48. The second-order valence-corrected chi connectivity index (χ2v) is 17.0. The minimum atomic E-state index is -2.65. The van der Waals surface area contributed by atoms with Crippen molar-refractivity contribution in [3.63, 3.8) is 0 Å². The van der Waals surface area contributed by atoms with Crippen molar-refractivity contribution in [2.75, 3.05) is 34.4 Å². The first-order chi connectivity index (χ1) is 20.0. The van der Waals surface area contributed by atoms with Gasteiger partial charge in [0.05, 0.1) is 0 Å². The molecule has 0 saturated heterocycles. The number of fused-ring (bicyclic) bond motifs is 1. The quantitative estimate of drug-likeness (QED) is 0.165. The highest BCUT2D eigenvalue weighted by Crippen LogP contribution is 2.45. The highest BCUT2D eigenvalue weighted by atomic mass is 28.4. The summed E-state index contributed by atoms with van der Waals surface area (Å²) in [6.45, 7) is 14.1. The van der Waals surface area contributed by atoms with Crippen molar-refractivity contribution in [3.05, 3.63) is 83.9 Å². The molecule has 228 valence electrons. The van der Waals surface area contributed by atoms with Crippen LogP contribution in [0.3, 0.4) is 0 Å². The van der Waals surface area contributed by atoms with Gasteiger partial charge >= 0.3 is 0 Å². The lowest BCUT2D eigenvalue weighted by Crippen LogP contribution is -2.66. The number of methoxy groups -OCH3 is 2. The van der Waals surface area contributed by atoms with Gasteiger partial charge in [-0.05, 0) is 72.6 Å². The molecule has 0 bridgehead atoms. The van der Waals surface area contributed by atoms with Crippen LogP contribution in [-0.4, -0.2) is 54.4 Å². The van der Waals surface area contributed by atoms with Crippen LogP contribution in [0.4, 0.5) is 0 Å². The monoisotopic (exact) mass is 592 g/mol. The molecule has 1 aliphatic rings. The first-order valence-electron chi connectivity index (χ1n) is 14.8. The Hall–Kier alpha value is -2.68. The molecule has 0 aliphatic carbocycles. The molecule has 0 radical (unpaired) electrons. The van der Waals surface area contributed by atoms with Crippen LogP contribution in [-0.2, 0) is 18.6 Å². The lowest BCUT2D eigenvalue weighted by molar-refractivity contribution is -0.158. The fourth-order valence-corrected chi connectivity index (χ4v) is 10.7. The molecule has 0 N–H and O–H groups in total. The number of benzene rings is 3. The van der Waals surface area contributed by atoms with E-state index in [4.69, 9.17) is 28.1 Å². The maximum Gasteiger partial charge on any atom is 0.261 e. The summed E-state index contributed by atoms with van der Waals surface area (Å²) in [7, 11) is 0.628. The maximum absolute atomic E-state index is 7.28. The number of hydrogen-bond acceptors (Lipinski definition) is 6. The van der Waals surface area contributed by atoms with Gasteiger partial charge in [-0.3, -0.25) is 0 Å². The number of hydrogen-bond donors (Lipinski definition) is 0. The molecule has 3 aromatic carbocycles. The SMILES string of the molecule is COCOc1cc2c(cc1C)O[C@H](C(C)(C)OCOC)C[C@H]2CCO[Si](c1ccccc1)(c1ccccc1)C(C)(C)C. The number of aryl methyl sites for hydroxylation is 1. The smallest absolute Gasteiger partial charge is 0.261 e. The van der Waals surface area contributed by atoms with E-state index in [1.165, 1.54) is 10.4 Å². The van der Waals surface area contributed by atoms with E-state index in [2.05, 4.69) is 107 Å². The molecular formula is C35H48O6Si. The van der Waals surface area contributed by atoms with Crippen LogP contribution < -0.4 is 19.8 Å². The molecule has 0 spiro atoms. The van der Waals surface area contributed by atoms with E-state index < -0.39 is 13.9 Å². The first-order valence-corrected chi connectivity index (χ1v) is 16.7. The average molecular weight is 593 g/mol. The van der Waals surface area contributed by atoms with Crippen molar-refractivity contribution >= 4 is 18.7 Å². The van der Waals surface area contributed by atoms with Crippen molar-refractivity contribution in [2.24, 2.45) is 0 Å². The van der Waals surface area contributed by atoms with Gasteiger partial charge in [0, 0.05) is 26.4 Å². The molecule has 1 heterocycles. The van der Waals surface area contributed by atoms with Gasteiger partial charge in [-0.2, -0.15) is 0 Å². The Labute approximate surface area is 253 Å².